The Kier molecular flexibility index (Phi) is 15.0. The van der Waals surface area contributed by atoms with Crippen LogP contribution in [0.3, 0.4) is 0 Å². The van der Waals surface area contributed by atoms with Crippen molar-refractivity contribution in [3.05, 3.63) is 184 Å². The first kappa shape index (κ1) is 41.6. The lowest BCUT2D eigenvalue weighted by Crippen LogP contribution is -2.11. The average Bonchev–Trinajstić information content (AvgIpc) is 3.24. The summed E-state index contributed by atoms with van der Waals surface area (Å²) in [5, 5.41) is 0. The molecular weight excluding hydrogens is 707 g/mol. The number of aryl methyl sites for hydroxylation is 2. The molecule has 0 fully saturated rings. The lowest BCUT2D eigenvalue weighted by molar-refractivity contribution is 0.275. The van der Waals surface area contributed by atoms with Gasteiger partial charge in [-0.1, -0.05) is 179 Å². The highest BCUT2D eigenvalue weighted by Gasteiger charge is 2.15. The summed E-state index contributed by atoms with van der Waals surface area (Å²) in [5.74, 6) is 3.04. The first-order chi connectivity index (χ1) is 28.2. The van der Waals surface area contributed by atoms with Gasteiger partial charge in [0.25, 0.3) is 0 Å². The maximum atomic E-state index is 6.55. The van der Waals surface area contributed by atoms with Gasteiger partial charge in [-0.15, -0.1) is 0 Å². The van der Waals surface area contributed by atoms with Crippen LogP contribution in [0.1, 0.15) is 91.0 Å². The van der Waals surface area contributed by atoms with Crippen LogP contribution in [0.15, 0.2) is 140 Å². The molecule has 6 rings (SSSR count). The van der Waals surface area contributed by atoms with Crippen molar-refractivity contribution < 1.29 is 9.47 Å². The fourth-order valence-electron chi connectivity index (χ4n) is 7.19. The van der Waals surface area contributed by atoms with E-state index in [0.29, 0.717) is 12.5 Å². The summed E-state index contributed by atoms with van der Waals surface area (Å²) in [5.41, 5.74) is 12.4. The Bertz CT molecular complexity index is 2270. The van der Waals surface area contributed by atoms with Crippen molar-refractivity contribution in [2.75, 3.05) is 18.6 Å². The van der Waals surface area contributed by atoms with E-state index in [9.17, 15) is 0 Å². The van der Waals surface area contributed by atoms with E-state index in [0.717, 1.165) is 68.7 Å². The minimum absolute atomic E-state index is 0.620. The second-order valence-electron chi connectivity index (χ2n) is 15.8. The summed E-state index contributed by atoms with van der Waals surface area (Å²) in [6.45, 7) is 12.0. The van der Waals surface area contributed by atoms with Gasteiger partial charge in [0.15, 0.2) is 0 Å². The van der Waals surface area contributed by atoms with E-state index in [1.807, 2.05) is 12.1 Å². The zero-order valence-electron chi connectivity index (χ0n) is 35.2. The summed E-state index contributed by atoms with van der Waals surface area (Å²) in [6.07, 6.45) is 17.7. The predicted octanol–water partition coefficient (Wildman–Crippen LogP) is 15.5. The summed E-state index contributed by atoms with van der Waals surface area (Å²) >= 11 is 0. The second-order valence-corrected chi connectivity index (χ2v) is 15.8. The Morgan fingerprint density at radius 1 is 0.517 bits per heavy atom. The number of anilines is 3. The number of benzene rings is 6. The minimum Gasteiger partial charge on any atom is -0.496 e. The molecule has 0 saturated heterocycles. The van der Waals surface area contributed by atoms with Crippen LogP contribution < -0.4 is 14.4 Å². The molecule has 0 bridgehead atoms. The van der Waals surface area contributed by atoms with Crippen LogP contribution in [0.5, 0.6) is 11.5 Å². The predicted molar refractivity (Wildman–Crippen MR) is 251 cm³/mol. The Morgan fingerprint density at radius 3 is 1.53 bits per heavy atom. The van der Waals surface area contributed by atoms with Crippen molar-refractivity contribution in [1.29, 1.82) is 0 Å². The van der Waals surface area contributed by atoms with Gasteiger partial charge in [0.1, 0.15) is 11.5 Å². The van der Waals surface area contributed by atoms with Gasteiger partial charge in [-0.25, -0.2) is 0 Å². The van der Waals surface area contributed by atoms with E-state index in [2.05, 4.69) is 203 Å². The van der Waals surface area contributed by atoms with E-state index in [-0.39, 0.29) is 0 Å². The van der Waals surface area contributed by atoms with Crippen LogP contribution in [0, 0.1) is 25.7 Å². The van der Waals surface area contributed by atoms with Crippen LogP contribution in [0.25, 0.3) is 36.5 Å². The third kappa shape index (κ3) is 12.0. The van der Waals surface area contributed by atoms with E-state index in [4.69, 9.17) is 9.47 Å². The fourth-order valence-corrected chi connectivity index (χ4v) is 7.19. The van der Waals surface area contributed by atoms with Crippen molar-refractivity contribution in [1.82, 2.24) is 0 Å². The third-order valence-electron chi connectivity index (χ3n) is 10.6. The highest BCUT2D eigenvalue weighted by Crippen LogP contribution is 2.38. The number of hydrogen-bond donors (Lipinski definition) is 0. The number of ether oxygens (including phenoxy) is 2. The molecule has 3 heteroatoms. The molecule has 0 aliphatic rings. The molecule has 1 unspecified atom stereocenters. The number of rotatable bonds is 18. The Balaban J connectivity index is 1.24. The van der Waals surface area contributed by atoms with Gasteiger partial charge in [0.05, 0.1) is 13.7 Å². The molecule has 6 aromatic rings. The highest BCUT2D eigenvalue weighted by atomic mass is 16.5. The number of hydrogen-bond acceptors (Lipinski definition) is 3. The molecule has 0 N–H and O–H groups in total. The van der Waals surface area contributed by atoms with Gasteiger partial charge in [-0.2, -0.15) is 0 Å². The molecule has 1 atom stereocenters. The molecule has 0 radical (unpaired) electrons. The Labute approximate surface area is 348 Å². The maximum absolute atomic E-state index is 6.55. The standard InChI is InChI=1S/C55H59NO2/c1-41(2)14-13-15-42(3)36-37-58-55-40-49(54(57-6)39-50(55)30-23-46-18-11-8-12-19-46)29-24-48-27-33-52(34-28-48)56(53-35-20-43(4)38-44(53)5)51-31-25-47(26-32-51)22-21-45-16-9-7-10-17-45/h7-12,16-35,38-42H,13-15,36-37H2,1-6H3/b22-21+,29-24+,30-23+. The van der Waals surface area contributed by atoms with E-state index < -0.39 is 0 Å². The largest absolute Gasteiger partial charge is 0.496 e. The van der Waals surface area contributed by atoms with Crippen LogP contribution in [-0.4, -0.2) is 13.7 Å². The molecule has 0 amide bonds. The van der Waals surface area contributed by atoms with Gasteiger partial charge >= 0.3 is 0 Å². The van der Waals surface area contributed by atoms with E-state index in [1.54, 1.807) is 7.11 Å². The highest BCUT2D eigenvalue weighted by molar-refractivity contribution is 5.82. The smallest absolute Gasteiger partial charge is 0.127 e. The quantitative estimate of drug-likeness (QED) is 0.0814. The van der Waals surface area contributed by atoms with Crippen LogP contribution in [0.4, 0.5) is 17.1 Å². The van der Waals surface area contributed by atoms with Crippen molar-refractivity contribution in [2.24, 2.45) is 11.8 Å². The molecule has 0 spiro atoms. The number of methoxy groups -OCH3 is 1. The molecule has 0 aromatic heterocycles. The van der Waals surface area contributed by atoms with Gasteiger partial charge < -0.3 is 14.4 Å². The van der Waals surface area contributed by atoms with Crippen LogP contribution in [0.2, 0.25) is 0 Å². The zero-order chi connectivity index (χ0) is 40.7. The number of nitrogens with zero attached hydrogens (tertiary/aromatic N) is 1. The average molecular weight is 766 g/mol. The lowest BCUT2D eigenvalue weighted by atomic mass is 9.97. The summed E-state index contributed by atoms with van der Waals surface area (Å²) in [7, 11) is 1.74. The van der Waals surface area contributed by atoms with Crippen molar-refractivity contribution in [2.45, 2.75) is 60.3 Å². The third-order valence-corrected chi connectivity index (χ3v) is 10.6. The Morgan fingerprint density at radius 2 is 1.02 bits per heavy atom. The minimum atomic E-state index is 0.620. The second kappa shape index (κ2) is 20.9. The van der Waals surface area contributed by atoms with Crippen LogP contribution in [-0.2, 0) is 0 Å². The molecule has 58 heavy (non-hydrogen) atoms. The first-order valence-corrected chi connectivity index (χ1v) is 20.8. The Hall–Kier alpha value is -6.06. The summed E-state index contributed by atoms with van der Waals surface area (Å²) in [4.78, 5) is 2.34. The van der Waals surface area contributed by atoms with Gasteiger partial charge in [0.2, 0.25) is 0 Å². The summed E-state index contributed by atoms with van der Waals surface area (Å²) in [6, 6.07) is 49.2. The molecule has 3 nitrogen and oxygen atoms in total. The van der Waals surface area contributed by atoms with Crippen molar-refractivity contribution in [3.63, 3.8) is 0 Å². The van der Waals surface area contributed by atoms with E-state index in [1.165, 1.54) is 36.0 Å². The van der Waals surface area contributed by atoms with Gasteiger partial charge in [-0.3, -0.25) is 0 Å². The van der Waals surface area contributed by atoms with Gasteiger partial charge in [-0.05, 0) is 102 Å². The normalized spacial score (nSPS) is 12.2. The van der Waals surface area contributed by atoms with Crippen molar-refractivity contribution in [3.8, 4) is 11.5 Å². The lowest BCUT2D eigenvalue weighted by Gasteiger charge is -2.27. The van der Waals surface area contributed by atoms with E-state index >= 15 is 0 Å². The fraction of sp³-hybridized carbons (Fsp3) is 0.236. The SMILES string of the molecule is COc1cc(/C=C/c2ccccc2)c(OCCC(C)CCCC(C)C)cc1/C=C/c1ccc(N(c2ccc(/C=C/c3ccccc3)cc2)c2ccc(C)cc2C)cc1. The molecular formula is C55H59NO2. The van der Waals surface area contributed by atoms with Crippen molar-refractivity contribution >= 4 is 53.5 Å². The molecule has 296 valence electrons. The summed E-state index contributed by atoms with van der Waals surface area (Å²) < 4.78 is 12.5. The monoisotopic (exact) mass is 765 g/mol. The molecule has 0 saturated carbocycles. The molecule has 0 aliphatic carbocycles. The molecule has 0 heterocycles. The zero-order valence-corrected chi connectivity index (χ0v) is 35.2. The van der Waals surface area contributed by atoms with Gasteiger partial charge in [0, 0.05) is 28.2 Å². The molecule has 6 aromatic carbocycles. The first-order valence-electron chi connectivity index (χ1n) is 20.8. The van der Waals surface area contributed by atoms with Crippen LogP contribution >= 0.6 is 0 Å². The topological polar surface area (TPSA) is 21.7 Å². The molecule has 0 aliphatic heterocycles. The maximum Gasteiger partial charge on any atom is 0.127 e.